The molecule has 1 fully saturated rings. The third kappa shape index (κ3) is 2.88. The second kappa shape index (κ2) is 6.92. The minimum Gasteiger partial charge on any atom is -0.507 e. The summed E-state index contributed by atoms with van der Waals surface area (Å²) in [6.45, 7) is 5.35. The van der Waals surface area contributed by atoms with Gasteiger partial charge in [0, 0.05) is 24.1 Å². The van der Waals surface area contributed by atoms with E-state index in [-0.39, 0.29) is 5.75 Å². The monoisotopic (exact) mass is 353 g/mol. The Labute approximate surface area is 152 Å². The SMILES string of the molecule is CCN1CCCC(c2nnc(-c3ccc(OC)cc3O)c3ccnn23)C1. The number of likely N-dealkylation sites (N-methyl/N-ethyl adjacent to an activating group) is 1. The van der Waals surface area contributed by atoms with Crippen molar-refractivity contribution >= 4 is 5.52 Å². The molecule has 1 aliphatic rings. The van der Waals surface area contributed by atoms with E-state index in [0.717, 1.165) is 43.8 Å². The van der Waals surface area contributed by atoms with E-state index in [1.54, 1.807) is 31.5 Å². The lowest BCUT2D eigenvalue weighted by Crippen LogP contribution is -2.35. The Bertz CT molecular complexity index is 923. The molecule has 136 valence electrons. The summed E-state index contributed by atoms with van der Waals surface area (Å²) < 4.78 is 7.03. The van der Waals surface area contributed by atoms with E-state index >= 15 is 0 Å². The molecule has 7 nitrogen and oxygen atoms in total. The molecule has 26 heavy (non-hydrogen) atoms. The summed E-state index contributed by atoms with van der Waals surface area (Å²) in [4.78, 5) is 2.44. The fourth-order valence-electron chi connectivity index (χ4n) is 3.70. The Morgan fingerprint density at radius 1 is 1.27 bits per heavy atom. The number of fused-ring (bicyclic) bond motifs is 1. The number of nitrogens with zero attached hydrogens (tertiary/aromatic N) is 5. The second-order valence-electron chi connectivity index (χ2n) is 6.65. The van der Waals surface area contributed by atoms with E-state index in [4.69, 9.17) is 4.74 Å². The summed E-state index contributed by atoms with van der Waals surface area (Å²) >= 11 is 0. The van der Waals surface area contributed by atoms with Crippen LogP contribution in [0.5, 0.6) is 11.5 Å². The lowest BCUT2D eigenvalue weighted by molar-refractivity contribution is 0.212. The molecular weight excluding hydrogens is 330 g/mol. The van der Waals surface area contributed by atoms with Crippen LogP contribution in [0.3, 0.4) is 0 Å². The molecule has 1 N–H and O–H groups in total. The van der Waals surface area contributed by atoms with Crippen LogP contribution in [0.2, 0.25) is 0 Å². The molecule has 0 amide bonds. The van der Waals surface area contributed by atoms with E-state index in [9.17, 15) is 5.11 Å². The number of methoxy groups -OCH3 is 1. The van der Waals surface area contributed by atoms with Crippen molar-refractivity contribution in [2.75, 3.05) is 26.7 Å². The minimum atomic E-state index is 0.115. The first-order valence-electron chi connectivity index (χ1n) is 9.01. The van der Waals surface area contributed by atoms with Crippen molar-refractivity contribution in [1.29, 1.82) is 0 Å². The van der Waals surface area contributed by atoms with Crippen LogP contribution < -0.4 is 4.74 Å². The van der Waals surface area contributed by atoms with Crippen LogP contribution in [0.1, 0.15) is 31.5 Å². The number of hydrogen-bond donors (Lipinski definition) is 1. The predicted molar refractivity (Wildman–Crippen MR) is 98.5 cm³/mol. The summed E-state index contributed by atoms with van der Waals surface area (Å²) in [6.07, 6.45) is 4.00. The quantitative estimate of drug-likeness (QED) is 0.777. The standard InChI is InChI=1S/C19H23N5O2/c1-3-23-10-4-5-13(12-23)19-22-21-18(16-8-9-20-24(16)19)15-7-6-14(26-2)11-17(15)25/h6-9,11,13,25H,3-5,10,12H2,1-2H3. The molecular formula is C19H23N5O2. The lowest BCUT2D eigenvalue weighted by atomic mass is 9.97. The third-order valence-corrected chi connectivity index (χ3v) is 5.13. The number of ether oxygens (including phenoxy) is 1. The van der Waals surface area contributed by atoms with Gasteiger partial charge in [0.05, 0.1) is 18.8 Å². The Balaban J connectivity index is 1.77. The van der Waals surface area contributed by atoms with Crippen LogP contribution in [-0.2, 0) is 0 Å². The van der Waals surface area contributed by atoms with Crippen molar-refractivity contribution in [1.82, 2.24) is 24.7 Å². The molecule has 1 aromatic carbocycles. The molecule has 1 saturated heterocycles. The van der Waals surface area contributed by atoms with Crippen molar-refractivity contribution in [2.45, 2.75) is 25.7 Å². The van der Waals surface area contributed by atoms with E-state index in [2.05, 4.69) is 27.1 Å². The zero-order valence-corrected chi connectivity index (χ0v) is 15.1. The predicted octanol–water partition coefficient (Wildman–Crippen LogP) is 2.70. The Morgan fingerprint density at radius 2 is 2.15 bits per heavy atom. The first-order valence-corrected chi connectivity index (χ1v) is 9.01. The lowest BCUT2D eigenvalue weighted by Gasteiger charge is -2.31. The van der Waals surface area contributed by atoms with Gasteiger partial charge in [-0.3, -0.25) is 0 Å². The van der Waals surface area contributed by atoms with Crippen LogP contribution >= 0.6 is 0 Å². The van der Waals surface area contributed by atoms with Gasteiger partial charge >= 0.3 is 0 Å². The zero-order chi connectivity index (χ0) is 18.1. The molecule has 1 atom stereocenters. The van der Waals surface area contributed by atoms with Gasteiger partial charge in [0.2, 0.25) is 0 Å². The van der Waals surface area contributed by atoms with Gasteiger partial charge in [-0.05, 0) is 44.1 Å². The molecule has 1 aliphatic heterocycles. The highest BCUT2D eigenvalue weighted by molar-refractivity contribution is 5.80. The van der Waals surface area contributed by atoms with Crippen molar-refractivity contribution in [3.05, 3.63) is 36.3 Å². The van der Waals surface area contributed by atoms with Crippen molar-refractivity contribution in [3.63, 3.8) is 0 Å². The summed E-state index contributed by atoms with van der Waals surface area (Å²) in [5.41, 5.74) is 2.09. The molecule has 2 aromatic heterocycles. The summed E-state index contributed by atoms with van der Waals surface area (Å²) in [7, 11) is 1.57. The molecule has 4 rings (SSSR count). The Hall–Kier alpha value is -2.67. The maximum atomic E-state index is 10.4. The molecule has 7 heteroatoms. The highest BCUT2D eigenvalue weighted by Crippen LogP contribution is 2.34. The van der Waals surface area contributed by atoms with Crippen LogP contribution in [0.15, 0.2) is 30.5 Å². The number of likely N-dealkylation sites (tertiary alicyclic amines) is 1. The molecule has 0 radical (unpaired) electrons. The van der Waals surface area contributed by atoms with Gasteiger partial charge in [-0.15, -0.1) is 10.2 Å². The van der Waals surface area contributed by atoms with Crippen molar-refractivity contribution in [2.24, 2.45) is 0 Å². The van der Waals surface area contributed by atoms with Gasteiger partial charge in [-0.2, -0.15) is 5.10 Å². The number of aromatic hydroxyl groups is 1. The maximum Gasteiger partial charge on any atom is 0.157 e. The van der Waals surface area contributed by atoms with E-state index < -0.39 is 0 Å². The first kappa shape index (κ1) is 16.8. The van der Waals surface area contributed by atoms with Crippen LogP contribution in [0, 0.1) is 0 Å². The smallest absolute Gasteiger partial charge is 0.157 e. The number of rotatable bonds is 4. The third-order valence-electron chi connectivity index (χ3n) is 5.13. The fraction of sp³-hybridized carbons (Fsp3) is 0.421. The molecule has 3 heterocycles. The average molecular weight is 353 g/mol. The van der Waals surface area contributed by atoms with Crippen molar-refractivity contribution in [3.8, 4) is 22.8 Å². The summed E-state index contributed by atoms with van der Waals surface area (Å²) in [6, 6.07) is 7.09. The number of benzene rings is 1. The molecule has 3 aromatic rings. The van der Waals surface area contributed by atoms with Crippen LogP contribution in [0.4, 0.5) is 0 Å². The first-order chi connectivity index (χ1) is 12.7. The largest absolute Gasteiger partial charge is 0.507 e. The molecule has 0 spiro atoms. The van der Waals surface area contributed by atoms with E-state index in [0.29, 0.717) is 22.9 Å². The van der Waals surface area contributed by atoms with Crippen LogP contribution in [-0.4, -0.2) is 56.6 Å². The number of piperidine rings is 1. The van der Waals surface area contributed by atoms with Gasteiger partial charge in [0.25, 0.3) is 0 Å². The van der Waals surface area contributed by atoms with Gasteiger partial charge in [0.1, 0.15) is 17.2 Å². The highest BCUT2D eigenvalue weighted by Gasteiger charge is 2.25. The van der Waals surface area contributed by atoms with Gasteiger partial charge in [-0.25, -0.2) is 4.52 Å². The van der Waals surface area contributed by atoms with Crippen molar-refractivity contribution < 1.29 is 9.84 Å². The zero-order valence-electron chi connectivity index (χ0n) is 15.1. The number of hydrogen-bond acceptors (Lipinski definition) is 6. The van der Waals surface area contributed by atoms with Gasteiger partial charge in [-0.1, -0.05) is 6.92 Å². The maximum absolute atomic E-state index is 10.4. The highest BCUT2D eigenvalue weighted by atomic mass is 16.5. The molecule has 0 aliphatic carbocycles. The second-order valence-corrected chi connectivity index (χ2v) is 6.65. The summed E-state index contributed by atoms with van der Waals surface area (Å²) in [5, 5.41) is 23.8. The van der Waals surface area contributed by atoms with E-state index in [1.165, 1.54) is 0 Å². The van der Waals surface area contributed by atoms with E-state index in [1.807, 2.05) is 10.6 Å². The molecule has 0 bridgehead atoms. The number of phenols is 1. The Kier molecular flexibility index (Phi) is 4.46. The minimum absolute atomic E-state index is 0.115. The number of aromatic nitrogens is 4. The topological polar surface area (TPSA) is 75.8 Å². The van der Waals surface area contributed by atoms with Gasteiger partial charge in [0.15, 0.2) is 5.82 Å². The molecule has 0 saturated carbocycles. The summed E-state index contributed by atoms with van der Waals surface area (Å²) in [5.74, 6) is 1.92. The number of phenolic OH excluding ortho intramolecular Hbond substituents is 1. The fourth-order valence-corrected chi connectivity index (χ4v) is 3.70. The van der Waals surface area contributed by atoms with Crippen LogP contribution in [0.25, 0.3) is 16.8 Å². The normalized spacial score (nSPS) is 18.3. The van der Waals surface area contributed by atoms with Gasteiger partial charge < -0.3 is 14.7 Å². The molecule has 1 unspecified atom stereocenters. The average Bonchev–Trinajstić information content (AvgIpc) is 3.17. The Morgan fingerprint density at radius 3 is 2.92 bits per heavy atom.